The van der Waals surface area contributed by atoms with Crippen molar-refractivity contribution in [1.29, 1.82) is 0 Å². The van der Waals surface area contributed by atoms with Gasteiger partial charge in [0, 0.05) is 27.2 Å². The average molecular weight is 576 g/mol. The monoisotopic (exact) mass is 575 g/mol. The van der Waals surface area contributed by atoms with Gasteiger partial charge in [0.2, 0.25) is 0 Å². The highest BCUT2D eigenvalue weighted by Gasteiger charge is 2.25. The number of fused-ring (bicyclic) bond motifs is 9. The van der Waals surface area contributed by atoms with Crippen LogP contribution in [0.3, 0.4) is 0 Å². The third-order valence-corrected chi connectivity index (χ3v) is 10.3. The minimum atomic E-state index is -3.32. The molecule has 0 saturated carbocycles. The van der Waals surface area contributed by atoms with E-state index < -0.39 is 9.84 Å². The molecule has 0 spiro atoms. The molecule has 206 valence electrons. The van der Waals surface area contributed by atoms with Gasteiger partial charge in [-0.25, -0.2) is 8.42 Å². The summed E-state index contributed by atoms with van der Waals surface area (Å²) < 4.78 is 34.9. The highest BCUT2D eigenvalue weighted by Crippen LogP contribution is 2.40. The maximum Gasteiger partial charge on any atom is 0.158 e. The van der Waals surface area contributed by atoms with Crippen LogP contribution < -0.4 is 0 Å². The summed E-state index contributed by atoms with van der Waals surface area (Å²) >= 11 is 0. The SMILES string of the molecule is O=S1(=O)Cc2ccc(-c3ccc4c(c3)oc3ccccc34)cc2-c2cc(-n3c4ccccc4c4ccccc43)ccc2C1. The van der Waals surface area contributed by atoms with Crippen molar-refractivity contribution in [2.75, 3.05) is 0 Å². The van der Waals surface area contributed by atoms with Crippen molar-refractivity contribution in [1.82, 2.24) is 4.57 Å². The molecule has 0 fully saturated rings. The Kier molecular flexibility index (Phi) is 5.08. The zero-order valence-electron chi connectivity index (χ0n) is 23.1. The number of sulfone groups is 1. The van der Waals surface area contributed by atoms with Crippen molar-refractivity contribution in [3.05, 3.63) is 139 Å². The Hall–Kier alpha value is -5.13. The smallest absolute Gasteiger partial charge is 0.158 e. The maximum absolute atomic E-state index is 13.2. The predicted octanol–water partition coefficient (Wildman–Crippen LogP) is 9.45. The van der Waals surface area contributed by atoms with Gasteiger partial charge in [0.25, 0.3) is 0 Å². The minimum Gasteiger partial charge on any atom is -0.456 e. The highest BCUT2D eigenvalue weighted by molar-refractivity contribution is 7.89. The molecule has 1 aliphatic rings. The Morgan fingerprint density at radius 1 is 0.512 bits per heavy atom. The summed E-state index contributed by atoms with van der Waals surface area (Å²) in [6.07, 6.45) is 0. The minimum absolute atomic E-state index is 0.0185. The fourth-order valence-corrected chi connectivity index (χ4v) is 8.40. The Morgan fingerprint density at radius 3 is 1.81 bits per heavy atom. The molecule has 43 heavy (non-hydrogen) atoms. The summed E-state index contributed by atoms with van der Waals surface area (Å²) in [7, 11) is -3.32. The molecule has 0 aliphatic carbocycles. The summed E-state index contributed by atoms with van der Waals surface area (Å²) in [5, 5.41) is 4.57. The standard InChI is InChI=1S/C38H25NO3S/c40-43(41)22-26-14-13-24(25-16-18-32-31-9-3-6-12-37(31)42-38(32)20-25)19-33(26)34-21-28(17-15-27(34)23-43)39-35-10-4-1-7-29(35)30-8-2-5-11-36(30)39/h1-21H,22-23H2. The molecule has 0 N–H and O–H groups in total. The number of hydrogen-bond acceptors (Lipinski definition) is 3. The third-order valence-electron chi connectivity index (χ3n) is 8.79. The lowest BCUT2D eigenvalue weighted by Gasteiger charge is -2.15. The lowest BCUT2D eigenvalue weighted by Crippen LogP contribution is -2.05. The molecule has 0 unspecified atom stereocenters. The molecule has 3 heterocycles. The van der Waals surface area contributed by atoms with Crippen LogP contribution in [0.15, 0.2) is 132 Å². The first-order chi connectivity index (χ1) is 21.0. The van der Waals surface area contributed by atoms with Crippen LogP contribution in [0.2, 0.25) is 0 Å². The van der Waals surface area contributed by atoms with E-state index in [1.54, 1.807) is 0 Å². The Bertz CT molecular complexity index is 2480. The molecule has 0 radical (unpaired) electrons. The normalized spacial score (nSPS) is 14.2. The largest absolute Gasteiger partial charge is 0.456 e. The van der Waals surface area contributed by atoms with Crippen molar-refractivity contribution in [2.45, 2.75) is 11.5 Å². The van der Waals surface area contributed by atoms with Gasteiger partial charge >= 0.3 is 0 Å². The van der Waals surface area contributed by atoms with Gasteiger partial charge in [0.1, 0.15) is 11.2 Å². The maximum atomic E-state index is 13.2. The number of aromatic nitrogens is 1. The number of hydrogen-bond donors (Lipinski definition) is 0. The number of rotatable bonds is 2. The molecule has 5 heteroatoms. The van der Waals surface area contributed by atoms with Gasteiger partial charge < -0.3 is 8.98 Å². The predicted molar refractivity (Wildman–Crippen MR) is 175 cm³/mol. The molecule has 4 nitrogen and oxygen atoms in total. The van der Waals surface area contributed by atoms with Crippen molar-refractivity contribution >= 4 is 53.6 Å². The second-order valence-corrected chi connectivity index (χ2v) is 13.5. The lowest BCUT2D eigenvalue weighted by molar-refractivity contribution is 0.595. The zero-order valence-corrected chi connectivity index (χ0v) is 23.9. The lowest BCUT2D eigenvalue weighted by atomic mass is 9.92. The number of nitrogens with zero attached hydrogens (tertiary/aromatic N) is 1. The number of furan rings is 1. The molecular formula is C38H25NO3S. The summed E-state index contributed by atoms with van der Waals surface area (Å²) in [6.45, 7) is 0. The van der Waals surface area contributed by atoms with E-state index in [-0.39, 0.29) is 11.5 Å². The molecule has 0 amide bonds. The first-order valence-corrected chi connectivity index (χ1v) is 16.2. The number of benzene rings is 6. The molecule has 6 aromatic carbocycles. The molecular weight excluding hydrogens is 550 g/mol. The van der Waals surface area contributed by atoms with Crippen LogP contribution >= 0.6 is 0 Å². The highest BCUT2D eigenvalue weighted by atomic mass is 32.2. The number of para-hydroxylation sites is 3. The Labute approximate surface area is 248 Å². The van der Waals surface area contributed by atoms with Gasteiger partial charge in [-0.05, 0) is 81.9 Å². The van der Waals surface area contributed by atoms with Crippen LogP contribution in [0.25, 0.3) is 71.7 Å². The molecule has 0 saturated heterocycles. The topological polar surface area (TPSA) is 52.2 Å². The molecule has 9 rings (SSSR count). The molecule has 0 bridgehead atoms. The van der Waals surface area contributed by atoms with E-state index in [0.717, 1.165) is 72.0 Å². The first kappa shape index (κ1) is 24.5. The summed E-state index contributed by atoms with van der Waals surface area (Å²) in [5.41, 5.74) is 10.6. The van der Waals surface area contributed by atoms with Crippen LogP contribution in [0.1, 0.15) is 11.1 Å². The van der Waals surface area contributed by atoms with Crippen molar-refractivity contribution in [3.63, 3.8) is 0 Å². The van der Waals surface area contributed by atoms with E-state index in [0.29, 0.717) is 0 Å². The molecule has 1 aliphatic heterocycles. The molecule has 0 atom stereocenters. The van der Waals surface area contributed by atoms with Gasteiger partial charge in [-0.15, -0.1) is 0 Å². The van der Waals surface area contributed by atoms with E-state index in [1.165, 1.54) is 10.8 Å². The van der Waals surface area contributed by atoms with Gasteiger partial charge in [-0.3, -0.25) is 0 Å². The fourth-order valence-electron chi connectivity index (χ4n) is 6.84. The van der Waals surface area contributed by atoms with Crippen LogP contribution in [-0.2, 0) is 21.3 Å². The van der Waals surface area contributed by atoms with Crippen molar-refractivity contribution < 1.29 is 12.8 Å². The summed E-state index contributed by atoms with van der Waals surface area (Å²) in [5.74, 6) is 0.0371. The van der Waals surface area contributed by atoms with Gasteiger partial charge in [0.15, 0.2) is 9.84 Å². The quantitative estimate of drug-likeness (QED) is 0.206. The van der Waals surface area contributed by atoms with E-state index in [4.69, 9.17) is 4.42 Å². The van der Waals surface area contributed by atoms with Crippen LogP contribution in [0.4, 0.5) is 0 Å². The zero-order chi connectivity index (χ0) is 28.7. The Balaban J connectivity index is 1.26. The van der Waals surface area contributed by atoms with Crippen molar-refractivity contribution in [2.24, 2.45) is 0 Å². The van der Waals surface area contributed by atoms with Crippen LogP contribution in [0, 0.1) is 0 Å². The Morgan fingerprint density at radius 2 is 1.07 bits per heavy atom. The molecule has 8 aromatic rings. The third kappa shape index (κ3) is 3.78. The van der Waals surface area contributed by atoms with Crippen LogP contribution in [-0.4, -0.2) is 13.0 Å². The first-order valence-electron chi connectivity index (χ1n) is 14.4. The average Bonchev–Trinajstić information content (AvgIpc) is 3.53. The summed E-state index contributed by atoms with van der Waals surface area (Å²) in [6, 6.07) is 43.6. The second-order valence-electron chi connectivity index (χ2n) is 11.4. The second kappa shape index (κ2) is 8.93. The van der Waals surface area contributed by atoms with E-state index in [2.05, 4.69) is 95.6 Å². The van der Waals surface area contributed by atoms with E-state index in [1.807, 2.05) is 36.4 Å². The van der Waals surface area contributed by atoms with Gasteiger partial charge in [-0.1, -0.05) is 78.9 Å². The van der Waals surface area contributed by atoms with E-state index >= 15 is 0 Å². The summed E-state index contributed by atoms with van der Waals surface area (Å²) in [4.78, 5) is 0. The van der Waals surface area contributed by atoms with Crippen molar-refractivity contribution in [3.8, 4) is 27.9 Å². The van der Waals surface area contributed by atoms with E-state index in [9.17, 15) is 8.42 Å². The van der Waals surface area contributed by atoms with Crippen LogP contribution in [0.5, 0.6) is 0 Å². The van der Waals surface area contributed by atoms with Gasteiger partial charge in [-0.2, -0.15) is 0 Å². The fraction of sp³-hybridized carbons (Fsp3) is 0.0526. The molecule has 2 aromatic heterocycles. The van der Waals surface area contributed by atoms with Gasteiger partial charge in [0.05, 0.1) is 22.5 Å².